The number of carbonyl (C=O) groups is 2. The van der Waals surface area contributed by atoms with E-state index in [0.29, 0.717) is 26.2 Å². The van der Waals surface area contributed by atoms with Gasteiger partial charge in [-0.2, -0.15) is 0 Å². The van der Waals surface area contributed by atoms with E-state index in [0.717, 1.165) is 29.5 Å². The van der Waals surface area contributed by atoms with E-state index in [1.807, 2.05) is 18.2 Å². The minimum absolute atomic E-state index is 0.0283. The third-order valence-electron chi connectivity index (χ3n) is 6.32. The van der Waals surface area contributed by atoms with Gasteiger partial charge >= 0.3 is 6.09 Å². The maximum atomic E-state index is 12.4. The molecule has 2 unspecified atom stereocenters. The van der Waals surface area contributed by atoms with Crippen LogP contribution in [0.15, 0.2) is 46.9 Å². The van der Waals surface area contributed by atoms with Crippen molar-refractivity contribution in [3.8, 4) is 0 Å². The van der Waals surface area contributed by atoms with Gasteiger partial charge in [0, 0.05) is 36.3 Å². The summed E-state index contributed by atoms with van der Waals surface area (Å²) in [6, 6.07) is 14.4. The number of ether oxygens (including phenoxy) is 1. The van der Waals surface area contributed by atoms with Crippen LogP contribution in [0.25, 0.3) is 0 Å². The molecule has 0 radical (unpaired) electrons. The molecule has 2 amide bonds. The summed E-state index contributed by atoms with van der Waals surface area (Å²) in [7, 11) is 0. The van der Waals surface area contributed by atoms with Gasteiger partial charge in [-0.25, -0.2) is 4.79 Å². The van der Waals surface area contributed by atoms with Crippen LogP contribution in [0, 0.1) is 6.92 Å². The van der Waals surface area contributed by atoms with E-state index in [1.165, 1.54) is 16.7 Å². The average Bonchev–Trinajstić information content (AvgIpc) is 3.08. The van der Waals surface area contributed by atoms with Crippen molar-refractivity contribution in [2.45, 2.75) is 39.0 Å². The molecule has 2 heterocycles. The monoisotopic (exact) mass is 485 g/mol. The molecular formula is C24H28BrN3O3. The van der Waals surface area contributed by atoms with E-state index in [-0.39, 0.29) is 18.2 Å². The fourth-order valence-corrected chi connectivity index (χ4v) is 4.90. The summed E-state index contributed by atoms with van der Waals surface area (Å²) < 4.78 is 6.73. The lowest BCUT2D eigenvalue weighted by atomic mass is 9.92. The first-order valence-electron chi connectivity index (χ1n) is 10.7. The summed E-state index contributed by atoms with van der Waals surface area (Å²) >= 11 is 3.55. The standard InChI is InChI=1S/C24H28BrN3O3/c1-3-27(21-13-20(25)9-8-17(21)2)11-10-26(16-29)15-23-22-12-18-6-4-5-7-19(18)14-28(22)24(30)31-23/h4-9,13,16,22-23H,3,10-12,14-15H2,1-2H3. The Bertz CT molecular complexity index is 967. The van der Waals surface area contributed by atoms with Crippen molar-refractivity contribution < 1.29 is 14.3 Å². The number of amides is 2. The van der Waals surface area contributed by atoms with Crippen LogP contribution in [0.1, 0.15) is 23.6 Å². The van der Waals surface area contributed by atoms with Gasteiger partial charge in [-0.05, 0) is 49.1 Å². The number of carbonyl (C=O) groups excluding carboxylic acids is 2. The van der Waals surface area contributed by atoms with Gasteiger partial charge in [0.1, 0.15) is 6.10 Å². The van der Waals surface area contributed by atoms with E-state index in [4.69, 9.17) is 4.74 Å². The Morgan fingerprint density at radius 1 is 1.19 bits per heavy atom. The van der Waals surface area contributed by atoms with E-state index < -0.39 is 0 Å². The van der Waals surface area contributed by atoms with E-state index in [1.54, 1.807) is 9.80 Å². The van der Waals surface area contributed by atoms with Crippen LogP contribution in [0.5, 0.6) is 0 Å². The summed E-state index contributed by atoms with van der Waals surface area (Å²) in [5.41, 5.74) is 4.78. The van der Waals surface area contributed by atoms with Gasteiger partial charge in [0.2, 0.25) is 6.41 Å². The quantitative estimate of drug-likeness (QED) is 0.530. The molecule has 2 aliphatic heterocycles. The Morgan fingerprint density at radius 2 is 1.97 bits per heavy atom. The number of rotatable bonds is 8. The molecular weight excluding hydrogens is 458 g/mol. The average molecular weight is 486 g/mol. The molecule has 7 heteroatoms. The van der Waals surface area contributed by atoms with Gasteiger partial charge in [0.15, 0.2) is 0 Å². The number of cyclic esters (lactones) is 1. The van der Waals surface area contributed by atoms with Crippen LogP contribution in [0.2, 0.25) is 0 Å². The molecule has 0 bridgehead atoms. The fraction of sp³-hybridized carbons (Fsp3) is 0.417. The van der Waals surface area contributed by atoms with E-state index in [9.17, 15) is 9.59 Å². The van der Waals surface area contributed by atoms with Gasteiger partial charge in [0.25, 0.3) is 0 Å². The number of nitrogens with zero attached hydrogens (tertiary/aromatic N) is 3. The van der Waals surface area contributed by atoms with Crippen molar-refractivity contribution in [3.05, 3.63) is 63.6 Å². The highest BCUT2D eigenvalue weighted by Gasteiger charge is 2.44. The van der Waals surface area contributed by atoms with Crippen LogP contribution in [-0.2, 0) is 22.5 Å². The molecule has 6 nitrogen and oxygen atoms in total. The van der Waals surface area contributed by atoms with E-state index in [2.05, 4.69) is 58.9 Å². The minimum Gasteiger partial charge on any atom is -0.442 e. The van der Waals surface area contributed by atoms with Crippen LogP contribution >= 0.6 is 15.9 Å². The normalized spacial score (nSPS) is 19.5. The lowest BCUT2D eigenvalue weighted by Crippen LogP contribution is -2.46. The highest BCUT2D eigenvalue weighted by atomic mass is 79.9. The van der Waals surface area contributed by atoms with Crippen molar-refractivity contribution in [2.24, 2.45) is 0 Å². The summed E-state index contributed by atoms with van der Waals surface area (Å²) in [6.45, 7) is 7.31. The van der Waals surface area contributed by atoms with E-state index >= 15 is 0 Å². The second-order valence-corrected chi connectivity index (χ2v) is 9.12. The molecule has 1 saturated heterocycles. The number of hydrogen-bond acceptors (Lipinski definition) is 4. The summed E-state index contributed by atoms with van der Waals surface area (Å²) in [5, 5.41) is 0. The molecule has 0 aromatic heterocycles. The first-order valence-corrected chi connectivity index (χ1v) is 11.5. The lowest BCUT2D eigenvalue weighted by molar-refractivity contribution is -0.119. The zero-order valence-corrected chi connectivity index (χ0v) is 19.5. The molecule has 0 saturated carbocycles. The Kier molecular flexibility index (Phi) is 6.51. The predicted molar refractivity (Wildman–Crippen MR) is 124 cm³/mol. The van der Waals surface area contributed by atoms with Crippen molar-refractivity contribution in [1.82, 2.24) is 9.80 Å². The predicted octanol–water partition coefficient (Wildman–Crippen LogP) is 3.99. The minimum atomic E-state index is -0.311. The number of aryl methyl sites for hydroxylation is 1. The zero-order valence-electron chi connectivity index (χ0n) is 18.0. The largest absolute Gasteiger partial charge is 0.442 e. The van der Waals surface area contributed by atoms with Gasteiger partial charge in [-0.15, -0.1) is 0 Å². The number of benzene rings is 2. The van der Waals surface area contributed by atoms with Crippen LogP contribution in [0.4, 0.5) is 10.5 Å². The summed E-state index contributed by atoms with van der Waals surface area (Å²) in [6.07, 6.45) is 1.04. The number of halogens is 1. The number of anilines is 1. The van der Waals surface area contributed by atoms with Crippen LogP contribution < -0.4 is 4.90 Å². The Balaban J connectivity index is 1.41. The SMILES string of the molecule is CCN(CCN(C=O)CC1OC(=O)N2Cc3ccccc3CC12)c1cc(Br)ccc1C. The Hall–Kier alpha value is -2.54. The molecule has 2 aromatic carbocycles. The highest BCUT2D eigenvalue weighted by molar-refractivity contribution is 9.10. The van der Waals surface area contributed by atoms with Crippen molar-refractivity contribution in [3.63, 3.8) is 0 Å². The molecule has 0 spiro atoms. The molecule has 0 aliphatic carbocycles. The van der Waals surface area contributed by atoms with Crippen LogP contribution in [-0.4, -0.2) is 60.6 Å². The van der Waals surface area contributed by atoms with Crippen molar-refractivity contribution >= 4 is 34.1 Å². The molecule has 31 heavy (non-hydrogen) atoms. The third kappa shape index (κ3) is 4.56. The molecule has 2 aliphatic rings. The molecule has 164 valence electrons. The second kappa shape index (κ2) is 9.30. The molecule has 2 aromatic rings. The molecule has 1 fully saturated rings. The molecule has 4 rings (SSSR count). The summed E-state index contributed by atoms with van der Waals surface area (Å²) in [5.74, 6) is 0. The topological polar surface area (TPSA) is 53.1 Å². The number of likely N-dealkylation sites (N-methyl/N-ethyl adjacent to an activating group) is 1. The number of hydrogen-bond donors (Lipinski definition) is 0. The first kappa shape index (κ1) is 21.7. The fourth-order valence-electron chi connectivity index (χ4n) is 4.55. The summed E-state index contributed by atoms with van der Waals surface area (Å²) in [4.78, 5) is 30.1. The Morgan fingerprint density at radius 3 is 2.71 bits per heavy atom. The van der Waals surface area contributed by atoms with Gasteiger partial charge in [0.05, 0.1) is 12.6 Å². The third-order valence-corrected chi connectivity index (χ3v) is 6.81. The second-order valence-electron chi connectivity index (χ2n) is 8.20. The van der Waals surface area contributed by atoms with Crippen molar-refractivity contribution in [1.29, 1.82) is 0 Å². The maximum Gasteiger partial charge on any atom is 0.410 e. The highest BCUT2D eigenvalue weighted by Crippen LogP contribution is 2.31. The van der Waals surface area contributed by atoms with Crippen molar-refractivity contribution in [2.75, 3.05) is 31.1 Å². The maximum absolute atomic E-state index is 12.4. The van der Waals surface area contributed by atoms with Crippen LogP contribution in [0.3, 0.4) is 0 Å². The van der Waals surface area contributed by atoms with Gasteiger partial charge in [-0.3, -0.25) is 9.69 Å². The molecule has 2 atom stereocenters. The lowest BCUT2D eigenvalue weighted by Gasteiger charge is -2.33. The van der Waals surface area contributed by atoms with Gasteiger partial charge < -0.3 is 14.5 Å². The Labute approximate surface area is 191 Å². The molecule has 0 N–H and O–H groups in total. The van der Waals surface area contributed by atoms with Gasteiger partial charge in [-0.1, -0.05) is 46.3 Å². The first-order chi connectivity index (χ1) is 15.0. The smallest absolute Gasteiger partial charge is 0.410 e. The number of fused-ring (bicyclic) bond motifs is 2. The zero-order chi connectivity index (χ0) is 22.0.